The third kappa shape index (κ3) is 10.8. The van der Waals surface area contributed by atoms with Gasteiger partial charge in [-0.3, -0.25) is 19.0 Å². The van der Waals surface area contributed by atoms with Crippen molar-refractivity contribution in [1.29, 1.82) is 0 Å². The lowest BCUT2D eigenvalue weighted by Crippen LogP contribution is -2.40. The molecule has 6 rings (SSSR count). The molecule has 1 aliphatic rings. The van der Waals surface area contributed by atoms with Gasteiger partial charge in [0.1, 0.15) is 36.1 Å². The van der Waals surface area contributed by atoms with E-state index in [2.05, 4.69) is 32.7 Å². The molecule has 2 amide bonds. The van der Waals surface area contributed by atoms with E-state index in [0.29, 0.717) is 10.7 Å². The predicted octanol–water partition coefficient (Wildman–Crippen LogP) is 9.66. The van der Waals surface area contributed by atoms with E-state index in [9.17, 15) is 44.7 Å². The van der Waals surface area contributed by atoms with Crippen LogP contribution >= 0.6 is 35.3 Å². The molecule has 2 aromatic carbocycles. The van der Waals surface area contributed by atoms with E-state index >= 15 is 8.78 Å². The van der Waals surface area contributed by atoms with Gasteiger partial charge in [-0.15, -0.1) is 11.8 Å². The van der Waals surface area contributed by atoms with Crippen molar-refractivity contribution in [2.75, 3.05) is 23.9 Å². The van der Waals surface area contributed by atoms with Gasteiger partial charge in [-0.1, -0.05) is 23.6 Å². The number of aromatic nitrogens is 5. The molecule has 0 spiro atoms. The van der Waals surface area contributed by atoms with Crippen LogP contribution in [0.1, 0.15) is 67.1 Å². The van der Waals surface area contributed by atoms with Crippen molar-refractivity contribution >= 4 is 63.8 Å². The van der Waals surface area contributed by atoms with Gasteiger partial charge in [-0.25, -0.2) is 18.1 Å². The highest BCUT2D eigenvalue weighted by molar-refractivity contribution is 8.00. The number of carbonyl (C=O) groups is 2. The third-order valence-corrected chi connectivity index (χ3v) is 12.6. The number of rotatable bonds is 13. The van der Waals surface area contributed by atoms with Gasteiger partial charge in [0.05, 0.1) is 38.5 Å². The summed E-state index contributed by atoms with van der Waals surface area (Å²) in [5.41, 5.74) is -4.01. The molecule has 0 bridgehead atoms. The van der Waals surface area contributed by atoms with Gasteiger partial charge >= 0.3 is 12.4 Å². The van der Waals surface area contributed by atoms with Crippen LogP contribution in [0.2, 0.25) is 5.02 Å². The van der Waals surface area contributed by atoms with Crippen LogP contribution in [0.5, 0.6) is 0 Å². The molecule has 0 saturated heterocycles. The highest BCUT2D eigenvalue weighted by Gasteiger charge is 2.50. The Balaban J connectivity index is 1.62. The number of thioether (sulfide) groups is 1. The first-order valence-corrected chi connectivity index (χ1v) is 22.3. The molecule has 0 fully saturated rings. The number of halogens is 11. The lowest BCUT2D eigenvalue weighted by atomic mass is 9.93. The van der Waals surface area contributed by atoms with Crippen LogP contribution < -0.4 is 14.9 Å². The molecule has 1 aliphatic carbocycles. The molecule has 3 heterocycles. The average molecular weight is 977 g/mol. The zero-order valence-electron chi connectivity index (χ0n) is 35.2. The van der Waals surface area contributed by atoms with Crippen molar-refractivity contribution in [3.8, 4) is 23.0 Å². The first kappa shape index (κ1) is 49.5. The summed E-state index contributed by atoms with van der Waals surface area (Å²) in [5.74, 6) is -1.92. The molecular formula is C42H39ClF10N8O2S2. The Morgan fingerprint density at radius 3 is 2.25 bits per heavy atom. The molecule has 5 aromatic rings. The molecule has 348 valence electrons. The molecule has 23 heteroatoms. The van der Waals surface area contributed by atoms with Gasteiger partial charge in [0.15, 0.2) is 11.5 Å². The minimum atomic E-state index is -5.14. The van der Waals surface area contributed by atoms with Gasteiger partial charge < -0.3 is 10.6 Å². The number of pyridine rings is 1. The summed E-state index contributed by atoms with van der Waals surface area (Å²) in [6.45, 7) is 2.27. The van der Waals surface area contributed by atoms with Crippen LogP contribution in [0, 0.1) is 23.5 Å². The van der Waals surface area contributed by atoms with Gasteiger partial charge in [0, 0.05) is 35.4 Å². The monoisotopic (exact) mass is 976 g/mol. The first-order chi connectivity index (χ1) is 30.3. The maximum Gasteiger partial charge on any atom is 0.435 e. The Labute approximate surface area is 379 Å². The number of fused-ring (bicyclic) bond motifs is 2. The van der Waals surface area contributed by atoms with E-state index in [0.717, 1.165) is 28.4 Å². The number of nitrogens with one attached hydrogen (secondary N) is 2. The number of hydrogen-bond acceptors (Lipinski definition) is 8. The van der Waals surface area contributed by atoms with E-state index < -0.39 is 108 Å². The summed E-state index contributed by atoms with van der Waals surface area (Å²) in [5, 5.41) is 12.7. The van der Waals surface area contributed by atoms with Crippen molar-refractivity contribution in [1.82, 2.24) is 35.2 Å². The van der Waals surface area contributed by atoms with Crippen LogP contribution in [0.3, 0.4) is 0 Å². The average Bonchev–Trinajstić information content (AvgIpc) is 3.87. The molecule has 2 atom stereocenters. The number of alkyl halides is 8. The summed E-state index contributed by atoms with van der Waals surface area (Å²) in [6, 6.07) is 5.54. The number of likely N-dealkylation sites (N-methyl/N-ethyl adjacent to an activating group) is 1. The summed E-state index contributed by atoms with van der Waals surface area (Å²) in [6.07, 6.45) is -8.88. The van der Waals surface area contributed by atoms with Crippen LogP contribution in [-0.2, 0) is 47.6 Å². The number of benzene rings is 2. The van der Waals surface area contributed by atoms with E-state index in [4.69, 9.17) is 16.6 Å². The standard InChI is InChI=1S/C42H39ClF10N8O2S2/c1-21(54-4)38(63)61(65-6)37-32-29(43)10-9-27(34(32)60(58-37)20-41(48,49)50)26-8-7-25(11-13-39(2,3)64-5)55-33(26)30(17-22-15-23(44)18-24(45)16-22)56-31(62)19-59-36-28(12-14-40(36,46)47)35(57-59)42(51,52)53/h7-10,15-16,18,21,30,54H,12,14,17,19-20H2,1-6H3,(H,56,62). The lowest BCUT2D eigenvalue weighted by molar-refractivity contribution is -0.143. The smallest absolute Gasteiger partial charge is 0.346 e. The fraction of sp³-hybridized carbons (Fsp3) is 0.405. The summed E-state index contributed by atoms with van der Waals surface area (Å²) in [7, 11) is 1.50. The number of carbonyl (C=O) groups excluding carboxylic acids is 2. The van der Waals surface area contributed by atoms with Crippen LogP contribution in [-0.4, -0.2) is 72.9 Å². The van der Waals surface area contributed by atoms with Gasteiger partial charge in [0.2, 0.25) is 5.91 Å². The Morgan fingerprint density at radius 1 is 0.985 bits per heavy atom. The zero-order valence-corrected chi connectivity index (χ0v) is 37.6. The summed E-state index contributed by atoms with van der Waals surface area (Å²) < 4.78 is 146. The van der Waals surface area contributed by atoms with Crippen molar-refractivity contribution < 1.29 is 53.5 Å². The molecule has 0 radical (unpaired) electrons. The third-order valence-electron chi connectivity index (χ3n) is 10.4. The zero-order chi connectivity index (χ0) is 48.0. The van der Waals surface area contributed by atoms with Crippen LogP contribution in [0.4, 0.5) is 49.7 Å². The van der Waals surface area contributed by atoms with Gasteiger partial charge in [-0.2, -0.15) is 45.3 Å². The minimum absolute atomic E-state index is 0.0186. The van der Waals surface area contributed by atoms with Crippen LogP contribution in [0.15, 0.2) is 42.5 Å². The van der Waals surface area contributed by atoms with Gasteiger partial charge in [-0.05, 0) is 101 Å². The Kier molecular flexibility index (Phi) is 14.2. The quantitative estimate of drug-likeness (QED) is 0.0683. The van der Waals surface area contributed by atoms with Crippen molar-refractivity contribution in [3.05, 3.63) is 93.0 Å². The fourth-order valence-corrected chi connectivity index (χ4v) is 8.26. The Bertz CT molecular complexity index is 2690. The lowest BCUT2D eigenvalue weighted by Gasteiger charge is -2.23. The topological polar surface area (TPSA) is 110 Å². The second-order valence-electron chi connectivity index (χ2n) is 15.5. The molecule has 0 aliphatic heterocycles. The molecule has 2 N–H and O–H groups in total. The summed E-state index contributed by atoms with van der Waals surface area (Å²) in [4.78, 5) is 32.3. The SMILES string of the molecule is CNC(C)C(=O)N(SC)c1nn(CC(F)(F)F)c2c(-c3ccc(C#CC(C)(C)SC)nc3C(Cc3cc(F)cc(F)c3)NC(=O)Cn3nc(C(F)(F)F)c4c3C(F)(F)CC4)ccc(Cl)c12. The van der Waals surface area contributed by atoms with Crippen molar-refractivity contribution in [3.63, 3.8) is 0 Å². The Morgan fingerprint density at radius 2 is 1.65 bits per heavy atom. The van der Waals surface area contributed by atoms with E-state index in [1.54, 1.807) is 6.26 Å². The number of nitrogens with zero attached hydrogens (tertiary/aromatic N) is 6. The molecular weight excluding hydrogens is 938 g/mol. The Hall–Kier alpha value is -4.98. The summed E-state index contributed by atoms with van der Waals surface area (Å²) >= 11 is 8.97. The molecule has 0 saturated carbocycles. The second kappa shape index (κ2) is 18.7. The van der Waals surface area contributed by atoms with Crippen molar-refractivity contribution in [2.24, 2.45) is 0 Å². The molecule has 2 unspecified atom stereocenters. The highest BCUT2D eigenvalue weighted by Crippen LogP contribution is 2.47. The molecule has 3 aromatic heterocycles. The largest absolute Gasteiger partial charge is 0.435 e. The highest BCUT2D eigenvalue weighted by atomic mass is 35.5. The maximum absolute atomic E-state index is 15.1. The normalized spacial score (nSPS) is 14.8. The maximum atomic E-state index is 15.1. The molecule has 10 nitrogen and oxygen atoms in total. The van der Waals surface area contributed by atoms with E-state index in [-0.39, 0.29) is 54.5 Å². The molecule has 65 heavy (non-hydrogen) atoms. The van der Waals surface area contributed by atoms with E-state index in [1.807, 2.05) is 13.8 Å². The minimum Gasteiger partial charge on any atom is -0.346 e. The van der Waals surface area contributed by atoms with Crippen LogP contribution in [0.25, 0.3) is 22.0 Å². The number of hydrogen-bond donors (Lipinski definition) is 2. The fourth-order valence-electron chi connectivity index (χ4n) is 7.23. The second-order valence-corrected chi connectivity index (χ2v) is 18.0. The number of anilines is 1. The number of amides is 2. The first-order valence-electron chi connectivity index (χ1n) is 19.5. The van der Waals surface area contributed by atoms with Gasteiger partial charge in [0.25, 0.3) is 11.8 Å². The van der Waals surface area contributed by atoms with Crippen molar-refractivity contribution in [2.45, 2.75) is 88.2 Å². The van der Waals surface area contributed by atoms with E-state index in [1.165, 1.54) is 56.3 Å². The predicted molar refractivity (Wildman–Crippen MR) is 228 cm³/mol.